The van der Waals surface area contributed by atoms with Gasteiger partial charge in [-0.25, -0.2) is 4.79 Å². The molecule has 2 amide bonds. The molecule has 3 rings (SSSR count). The second kappa shape index (κ2) is 9.88. The number of carbonyl (C=O) groups excluding carboxylic acids is 2. The summed E-state index contributed by atoms with van der Waals surface area (Å²) in [5, 5.41) is 15.2. The fourth-order valence-electron chi connectivity index (χ4n) is 3.25. The van der Waals surface area contributed by atoms with Crippen molar-refractivity contribution in [3.05, 3.63) is 82.9 Å². The molecular weight excluding hydrogens is 440 g/mol. The van der Waals surface area contributed by atoms with Crippen LogP contribution < -0.4 is 10.6 Å². The first-order valence-corrected chi connectivity index (χ1v) is 10.7. The average molecular weight is 465 g/mol. The third kappa shape index (κ3) is 5.99. The number of hydrogen-bond acceptors (Lipinski definition) is 3. The number of urea groups is 1. The van der Waals surface area contributed by atoms with Gasteiger partial charge in [-0.1, -0.05) is 54.1 Å². The number of rotatable bonds is 7. The molecule has 0 spiro atoms. The molecule has 3 aromatic carbocycles. The summed E-state index contributed by atoms with van der Waals surface area (Å²) in [7, 11) is 0. The number of ketones is 1. The standard InChI is InChI=1S/C26H25ClN2O4/c1-16-14-19(12-13-21(16)28-25(33)29-22-7-5-4-6-20(22)27)17-8-10-18(11-9-17)23(30)15-26(2,3)24(31)32/h4-14H,15H2,1-3H3,(H,31,32)(H2,28,29,33). The van der Waals surface area contributed by atoms with Gasteiger partial charge in [0.15, 0.2) is 5.78 Å². The van der Waals surface area contributed by atoms with Gasteiger partial charge in [0.05, 0.1) is 16.1 Å². The molecule has 33 heavy (non-hydrogen) atoms. The number of carbonyl (C=O) groups is 3. The molecule has 0 fully saturated rings. The first-order chi connectivity index (χ1) is 15.6. The number of carboxylic acids is 1. The summed E-state index contributed by atoms with van der Waals surface area (Å²) in [5.74, 6) is -1.22. The van der Waals surface area contributed by atoms with E-state index in [1.807, 2.05) is 37.3 Å². The van der Waals surface area contributed by atoms with E-state index in [0.29, 0.717) is 22.0 Å². The number of benzene rings is 3. The van der Waals surface area contributed by atoms with E-state index < -0.39 is 17.4 Å². The predicted octanol–water partition coefficient (Wildman–Crippen LogP) is 6.64. The Morgan fingerprint density at radius 2 is 1.48 bits per heavy atom. The Bertz CT molecular complexity index is 1200. The number of aliphatic carboxylic acids is 1. The van der Waals surface area contributed by atoms with E-state index in [4.69, 9.17) is 11.6 Å². The first-order valence-electron chi connectivity index (χ1n) is 10.4. The van der Waals surface area contributed by atoms with Crippen molar-refractivity contribution in [1.29, 1.82) is 0 Å². The molecule has 0 saturated carbocycles. The maximum atomic E-state index is 12.4. The van der Waals surface area contributed by atoms with Crippen LogP contribution in [0.1, 0.15) is 36.2 Å². The zero-order valence-electron chi connectivity index (χ0n) is 18.6. The van der Waals surface area contributed by atoms with E-state index in [9.17, 15) is 19.5 Å². The Balaban J connectivity index is 1.69. The van der Waals surface area contributed by atoms with Gasteiger partial charge in [-0.2, -0.15) is 0 Å². The van der Waals surface area contributed by atoms with E-state index in [1.165, 1.54) is 13.8 Å². The molecule has 6 nitrogen and oxygen atoms in total. The van der Waals surface area contributed by atoms with E-state index >= 15 is 0 Å². The number of Topliss-reactive ketones (excluding diaryl/α,β-unsaturated/α-hetero) is 1. The van der Waals surface area contributed by atoms with E-state index in [1.54, 1.807) is 36.4 Å². The third-order valence-corrected chi connectivity index (χ3v) is 5.65. The minimum Gasteiger partial charge on any atom is -0.481 e. The van der Waals surface area contributed by atoms with Gasteiger partial charge >= 0.3 is 12.0 Å². The number of aryl methyl sites for hydroxylation is 1. The molecule has 0 aliphatic rings. The number of anilines is 2. The van der Waals surface area contributed by atoms with Crippen molar-refractivity contribution >= 4 is 40.8 Å². The molecule has 0 atom stereocenters. The van der Waals surface area contributed by atoms with E-state index in [2.05, 4.69) is 10.6 Å². The van der Waals surface area contributed by atoms with Gasteiger partial charge in [-0.05, 0) is 61.7 Å². The van der Waals surface area contributed by atoms with Gasteiger partial charge in [-0.3, -0.25) is 9.59 Å². The Hall–Kier alpha value is -3.64. The first kappa shape index (κ1) is 24.0. The molecule has 3 N–H and O–H groups in total. The van der Waals surface area contributed by atoms with Crippen LogP contribution in [0.15, 0.2) is 66.7 Å². The minimum atomic E-state index is -1.12. The molecule has 0 heterocycles. The Morgan fingerprint density at radius 3 is 2.09 bits per heavy atom. The van der Waals surface area contributed by atoms with Crippen LogP contribution in [0.3, 0.4) is 0 Å². The van der Waals surface area contributed by atoms with Crippen molar-refractivity contribution in [3.63, 3.8) is 0 Å². The second-order valence-corrected chi connectivity index (χ2v) is 8.86. The largest absolute Gasteiger partial charge is 0.481 e. The highest BCUT2D eigenvalue weighted by atomic mass is 35.5. The summed E-state index contributed by atoms with van der Waals surface area (Å²) < 4.78 is 0. The highest BCUT2D eigenvalue weighted by Gasteiger charge is 2.30. The van der Waals surface area contributed by atoms with Crippen LogP contribution in [0, 0.1) is 12.3 Å². The molecule has 0 bridgehead atoms. The lowest BCUT2D eigenvalue weighted by atomic mass is 9.85. The number of carboxylic acid groups (broad SMARTS) is 1. The third-order valence-electron chi connectivity index (χ3n) is 5.32. The molecule has 0 aromatic heterocycles. The number of halogens is 1. The highest BCUT2D eigenvalue weighted by Crippen LogP contribution is 2.28. The van der Waals surface area contributed by atoms with E-state index in [-0.39, 0.29) is 12.2 Å². The average Bonchev–Trinajstić information content (AvgIpc) is 2.76. The quantitative estimate of drug-likeness (QED) is 0.341. The molecule has 0 unspecified atom stereocenters. The van der Waals surface area contributed by atoms with Crippen molar-refractivity contribution in [1.82, 2.24) is 0 Å². The van der Waals surface area contributed by atoms with Gasteiger partial charge in [-0.15, -0.1) is 0 Å². The zero-order valence-corrected chi connectivity index (χ0v) is 19.4. The van der Waals surface area contributed by atoms with Crippen LogP contribution in [0.25, 0.3) is 11.1 Å². The van der Waals surface area contributed by atoms with Crippen LogP contribution in [-0.2, 0) is 4.79 Å². The predicted molar refractivity (Wildman–Crippen MR) is 131 cm³/mol. The van der Waals surface area contributed by atoms with E-state index in [0.717, 1.165) is 16.7 Å². The van der Waals surface area contributed by atoms with Crippen LogP contribution in [0.2, 0.25) is 5.02 Å². The number of para-hydroxylation sites is 1. The van der Waals surface area contributed by atoms with Crippen LogP contribution in [0.4, 0.5) is 16.2 Å². The van der Waals surface area contributed by atoms with Crippen molar-refractivity contribution < 1.29 is 19.5 Å². The van der Waals surface area contributed by atoms with Crippen molar-refractivity contribution in [2.75, 3.05) is 10.6 Å². The number of hydrogen-bond donors (Lipinski definition) is 3. The van der Waals surface area contributed by atoms with Crippen LogP contribution in [-0.4, -0.2) is 22.9 Å². The normalized spacial score (nSPS) is 11.0. The summed E-state index contributed by atoms with van der Waals surface area (Å²) in [6, 6.07) is 19.3. The fraction of sp³-hybridized carbons (Fsp3) is 0.192. The van der Waals surface area contributed by atoms with Crippen molar-refractivity contribution in [2.24, 2.45) is 5.41 Å². The minimum absolute atomic E-state index is 0.0720. The summed E-state index contributed by atoms with van der Waals surface area (Å²) in [4.78, 5) is 36.1. The number of nitrogens with one attached hydrogen (secondary N) is 2. The SMILES string of the molecule is Cc1cc(-c2ccc(C(=O)CC(C)(C)C(=O)O)cc2)ccc1NC(=O)Nc1ccccc1Cl. The summed E-state index contributed by atoms with van der Waals surface area (Å²) in [6.45, 7) is 4.96. The molecule has 3 aromatic rings. The monoisotopic (exact) mass is 464 g/mol. The van der Waals surface area contributed by atoms with Gasteiger partial charge < -0.3 is 15.7 Å². The van der Waals surface area contributed by atoms with Crippen molar-refractivity contribution in [3.8, 4) is 11.1 Å². The van der Waals surface area contributed by atoms with Gasteiger partial charge in [0.2, 0.25) is 0 Å². The summed E-state index contributed by atoms with van der Waals surface area (Å²) in [6.07, 6.45) is -0.0720. The lowest BCUT2D eigenvalue weighted by Crippen LogP contribution is -2.26. The molecule has 7 heteroatoms. The van der Waals surface area contributed by atoms with Gasteiger partial charge in [0, 0.05) is 17.7 Å². The Morgan fingerprint density at radius 1 is 0.879 bits per heavy atom. The molecular formula is C26H25ClN2O4. The summed E-state index contributed by atoms with van der Waals surface area (Å²) in [5.41, 5.74) is 3.23. The summed E-state index contributed by atoms with van der Waals surface area (Å²) >= 11 is 6.08. The van der Waals surface area contributed by atoms with Gasteiger partial charge in [0.1, 0.15) is 0 Å². The fourth-order valence-corrected chi connectivity index (χ4v) is 3.43. The smallest absolute Gasteiger partial charge is 0.323 e. The Labute approximate surface area is 197 Å². The lowest BCUT2D eigenvalue weighted by Gasteiger charge is -2.17. The molecule has 0 radical (unpaired) electrons. The zero-order chi connectivity index (χ0) is 24.2. The highest BCUT2D eigenvalue weighted by molar-refractivity contribution is 6.33. The topological polar surface area (TPSA) is 95.5 Å². The second-order valence-electron chi connectivity index (χ2n) is 8.46. The van der Waals surface area contributed by atoms with Crippen molar-refractivity contribution in [2.45, 2.75) is 27.2 Å². The molecule has 0 saturated heterocycles. The number of amides is 2. The molecule has 0 aliphatic carbocycles. The lowest BCUT2D eigenvalue weighted by molar-refractivity contribution is -0.146. The van der Waals surface area contributed by atoms with Gasteiger partial charge in [0.25, 0.3) is 0 Å². The maximum absolute atomic E-state index is 12.4. The maximum Gasteiger partial charge on any atom is 0.323 e. The molecule has 0 aliphatic heterocycles. The molecule has 170 valence electrons. The Kier molecular flexibility index (Phi) is 7.19. The van der Waals surface area contributed by atoms with Crippen LogP contribution >= 0.6 is 11.6 Å². The van der Waals surface area contributed by atoms with Crippen LogP contribution in [0.5, 0.6) is 0 Å².